The molecule has 0 radical (unpaired) electrons. The first kappa shape index (κ1) is 18.8. The van der Waals surface area contributed by atoms with Gasteiger partial charge in [-0.3, -0.25) is 9.67 Å². The molecule has 0 amide bonds. The number of nitrogens with zero attached hydrogens (tertiary/aromatic N) is 3. The molecule has 2 aromatic heterocycles. The van der Waals surface area contributed by atoms with Crippen molar-refractivity contribution in [1.29, 1.82) is 0 Å². The van der Waals surface area contributed by atoms with Crippen LogP contribution < -0.4 is 0 Å². The summed E-state index contributed by atoms with van der Waals surface area (Å²) in [6.07, 6.45) is 6.61. The van der Waals surface area contributed by atoms with E-state index in [1.807, 2.05) is 29.9 Å². The van der Waals surface area contributed by atoms with Crippen molar-refractivity contribution in [1.82, 2.24) is 14.8 Å². The fraction of sp³-hybridized carbons (Fsp3) is 0.120. The number of halogens is 1. The number of hydrogen-bond acceptors (Lipinski definition) is 2. The van der Waals surface area contributed by atoms with Gasteiger partial charge in [0.1, 0.15) is 11.5 Å². The maximum absolute atomic E-state index is 13.4. The van der Waals surface area contributed by atoms with E-state index in [0.29, 0.717) is 0 Å². The van der Waals surface area contributed by atoms with Crippen molar-refractivity contribution in [3.63, 3.8) is 0 Å². The predicted octanol–water partition coefficient (Wildman–Crippen LogP) is 5.93. The van der Waals surface area contributed by atoms with Gasteiger partial charge in [-0.1, -0.05) is 35.9 Å². The average Bonchev–Trinajstić information content (AvgIpc) is 3.06. The van der Waals surface area contributed by atoms with Crippen LogP contribution in [0.25, 0.3) is 28.5 Å². The summed E-state index contributed by atoms with van der Waals surface area (Å²) in [6, 6.07) is 20.8. The number of rotatable bonds is 5. The molecule has 4 heteroatoms. The molecule has 0 bridgehead atoms. The molecule has 2 aromatic carbocycles. The fourth-order valence-electron chi connectivity index (χ4n) is 3.52. The second kappa shape index (κ2) is 8.23. The van der Waals surface area contributed by atoms with E-state index in [4.69, 9.17) is 5.10 Å². The Morgan fingerprint density at radius 2 is 1.62 bits per heavy atom. The van der Waals surface area contributed by atoms with Crippen LogP contribution in [0.1, 0.15) is 18.2 Å². The van der Waals surface area contributed by atoms with Gasteiger partial charge in [0.25, 0.3) is 0 Å². The zero-order valence-corrected chi connectivity index (χ0v) is 16.5. The lowest BCUT2D eigenvalue weighted by Crippen LogP contribution is -1.95. The second-order valence-electron chi connectivity index (χ2n) is 7.13. The summed E-state index contributed by atoms with van der Waals surface area (Å²) in [5.41, 5.74) is 7.29. The molecular formula is C25H22FN3. The fourth-order valence-corrected chi connectivity index (χ4v) is 3.52. The number of pyridine rings is 1. The van der Waals surface area contributed by atoms with Gasteiger partial charge >= 0.3 is 0 Å². The van der Waals surface area contributed by atoms with Crippen LogP contribution in [-0.2, 0) is 13.5 Å². The highest BCUT2D eigenvalue weighted by Gasteiger charge is 2.18. The van der Waals surface area contributed by atoms with E-state index >= 15 is 0 Å². The zero-order valence-electron chi connectivity index (χ0n) is 16.5. The number of allylic oxidation sites excluding steroid dienone is 1. The summed E-state index contributed by atoms with van der Waals surface area (Å²) in [6.45, 7) is 2.13. The molecule has 0 aliphatic rings. The third kappa shape index (κ3) is 4.16. The quantitative estimate of drug-likeness (QED) is 0.427. The van der Waals surface area contributed by atoms with E-state index in [2.05, 4.69) is 42.2 Å². The Bertz CT molecular complexity index is 1130. The molecule has 3 nitrogen and oxygen atoms in total. The summed E-state index contributed by atoms with van der Waals surface area (Å²) in [5, 5.41) is 4.78. The van der Waals surface area contributed by atoms with Gasteiger partial charge < -0.3 is 0 Å². The van der Waals surface area contributed by atoms with Gasteiger partial charge in [-0.25, -0.2) is 4.39 Å². The normalized spacial score (nSPS) is 11.6. The van der Waals surface area contributed by atoms with Crippen LogP contribution in [0.2, 0.25) is 0 Å². The third-order valence-electron chi connectivity index (χ3n) is 4.89. The number of benzene rings is 2. The van der Waals surface area contributed by atoms with Gasteiger partial charge in [0.05, 0.1) is 5.69 Å². The molecule has 4 aromatic rings. The number of aromatic nitrogens is 3. The van der Waals surface area contributed by atoms with Gasteiger partial charge in [0.2, 0.25) is 0 Å². The molecule has 0 saturated heterocycles. The lowest BCUT2D eigenvalue weighted by Gasteiger charge is -2.07. The van der Waals surface area contributed by atoms with Gasteiger partial charge in [0, 0.05) is 30.6 Å². The first-order valence-electron chi connectivity index (χ1n) is 9.56. The smallest absolute Gasteiger partial charge is 0.123 e. The van der Waals surface area contributed by atoms with E-state index in [1.165, 1.54) is 23.3 Å². The van der Waals surface area contributed by atoms with Gasteiger partial charge in [-0.2, -0.15) is 5.10 Å². The van der Waals surface area contributed by atoms with Crippen LogP contribution in [0.4, 0.5) is 4.39 Å². The Hall–Kier alpha value is -3.53. The molecule has 0 fully saturated rings. The molecule has 144 valence electrons. The van der Waals surface area contributed by atoms with Crippen LogP contribution in [-0.4, -0.2) is 14.8 Å². The first-order valence-corrected chi connectivity index (χ1v) is 9.56. The van der Waals surface area contributed by atoms with Crippen molar-refractivity contribution in [2.45, 2.75) is 13.3 Å². The molecule has 0 aliphatic heterocycles. The van der Waals surface area contributed by atoms with Crippen LogP contribution in [0.5, 0.6) is 0 Å². The third-order valence-corrected chi connectivity index (χ3v) is 4.89. The molecule has 0 unspecified atom stereocenters. The van der Waals surface area contributed by atoms with E-state index in [-0.39, 0.29) is 5.82 Å². The second-order valence-corrected chi connectivity index (χ2v) is 7.13. The Balaban J connectivity index is 1.83. The molecule has 0 N–H and O–H groups in total. The standard InChI is InChI=1S/C25H22FN3/c1-18(16-19-6-4-3-5-7-19)17-23-24(20-12-14-27-15-13-20)25(28-29(23)2)21-8-10-22(26)11-9-21/h3-15,17H,16H2,1-2H3/b18-17+. The monoisotopic (exact) mass is 383 g/mol. The topological polar surface area (TPSA) is 30.7 Å². The van der Waals surface area contributed by atoms with Gasteiger partial charge in [0.15, 0.2) is 0 Å². The zero-order chi connectivity index (χ0) is 20.2. The summed E-state index contributed by atoms with van der Waals surface area (Å²) in [4.78, 5) is 4.15. The Morgan fingerprint density at radius 3 is 2.31 bits per heavy atom. The van der Waals surface area contributed by atoms with Crippen molar-refractivity contribution in [3.05, 3.63) is 102 Å². The van der Waals surface area contributed by atoms with Crippen molar-refractivity contribution in [2.75, 3.05) is 0 Å². The van der Waals surface area contributed by atoms with Crippen LogP contribution >= 0.6 is 0 Å². The Labute approximate surface area is 170 Å². The maximum atomic E-state index is 13.4. The van der Waals surface area contributed by atoms with E-state index < -0.39 is 0 Å². The van der Waals surface area contributed by atoms with Crippen molar-refractivity contribution >= 4 is 6.08 Å². The predicted molar refractivity (Wildman–Crippen MR) is 116 cm³/mol. The van der Waals surface area contributed by atoms with E-state index in [0.717, 1.165) is 34.5 Å². The van der Waals surface area contributed by atoms with Crippen LogP contribution in [0.15, 0.2) is 84.7 Å². The maximum Gasteiger partial charge on any atom is 0.123 e. The summed E-state index contributed by atoms with van der Waals surface area (Å²) in [7, 11) is 1.94. The highest BCUT2D eigenvalue weighted by atomic mass is 19.1. The summed E-state index contributed by atoms with van der Waals surface area (Å²) in [5.74, 6) is -0.256. The average molecular weight is 383 g/mol. The lowest BCUT2D eigenvalue weighted by atomic mass is 9.97. The minimum atomic E-state index is -0.256. The van der Waals surface area contributed by atoms with Gasteiger partial charge in [-0.15, -0.1) is 0 Å². The molecule has 0 saturated carbocycles. The van der Waals surface area contributed by atoms with Crippen molar-refractivity contribution in [3.8, 4) is 22.4 Å². The molecule has 0 atom stereocenters. The lowest BCUT2D eigenvalue weighted by molar-refractivity contribution is 0.628. The van der Waals surface area contributed by atoms with Gasteiger partial charge in [-0.05, 0) is 66.9 Å². The highest BCUT2D eigenvalue weighted by Crippen LogP contribution is 2.35. The largest absolute Gasteiger partial charge is 0.267 e. The van der Waals surface area contributed by atoms with Crippen LogP contribution in [0.3, 0.4) is 0 Å². The van der Waals surface area contributed by atoms with E-state index in [1.54, 1.807) is 24.5 Å². The Morgan fingerprint density at radius 1 is 0.931 bits per heavy atom. The molecule has 2 heterocycles. The van der Waals surface area contributed by atoms with Crippen molar-refractivity contribution in [2.24, 2.45) is 7.05 Å². The highest BCUT2D eigenvalue weighted by molar-refractivity contribution is 5.86. The minimum Gasteiger partial charge on any atom is -0.267 e. The molecule has 4 rings (SSSR count). The summed E-state index contributed by atoms with van der Waals surface area (Å²) < 4.78 is 15.3. The molecular weight excluding hydrogens is 361 g/mol. The van der Waals surface area contributed by atoms with Crippen molar-refractivity contribution < 1.29 is 4.39 Å². The van der Waals surface area contributed by atoms with E-state index in [9.17, 15) is 4.39 Å². The first-order chi connectivity index (χ1) is 14.1. The molecule has 0 aliphatic carbocycles. The summed E-state index contributed by atoms with van der Waals surface area (Å²) >= 11 is 0. The Kier molecular flexibility index (Phi) is 5.34. The van der Waals surface area contributed by atoms with Crippen LogP contribution in [0, 0.1) is 5.82 Å². The number of hydrogen-bond donors (Lipinski definition) is 0. The number of aryl methyl sites for hydroxylation is 1. The molecule has 29 heavy (non-hydrogen) atoms. The SMILES string of the molecule is C/C(=C\c1c(-c2ccncc2)c(-c2ccc(F)cc2)nn1C)Cc1ccccc1. The molecule has 0 spiro atoms. The minimum absolute atomic E-state index is 0.256.